The lowest BCUT2D eigenvalue weighted by Gasteiger charge is -2.20. The molecule has 0 saturated carbocycles. The van der Waals surface area contributed by atoms with Crippen LogP contribution in [0.15, 0.2) is 42.5 Å². The van der Waals surface area contributed by atoms with Crippen molar-refractivity contribution in [1.82, 2.24) is 0 Å². The Labute approximate surface area is 127 Å². The summed E-state index contributed by atoms with van der Waals surface area (Å²) in [5, 5.41) is 0. The van der Waals surface area contributed by atoms with Crippen LogP contribution in [0.5, 0.6) is 5.75 Å². The molecule has 0 unspecified atom stereocenters. The van der Waals surface area contributed by atoms with E-state index in [1.807, 2.05) is 24.3 Å². The van der Waals surface area contributed by atoms with E-state index in [9.17, 15) is 17.3 Å². The lowest BCUT2D eigenvalue weighted by atomic mass is 9.79. The first-order valence-corrected chi connectivity index (χ1v) is 6.98. The maximum absolute atomic E-state index is 13.0. The average molecular weight is 311 g/mol. The first-order valence-electron chi connectivity index (χ1n) is 6.98. The van der Waals surface area contributed by atoms with Crippen molar-refractivity contribution in [3.05, 3.63) is 59.4 Å². The van der Waals surface area contributed by atoms with Gasteiger partial charge in [-0.3, -0.25) is 0 Å². The molecule has 2 rings (SSSR count). The molecule has 2 aromatic carbocycles. The molecule has 0 spiro atoms. The predicted octanol–water partition coefficient (Wildman–Crippen LogP) is 4.58. The van der Waals surface area contributed by atoms with E-state index in [0.717, 1.165) is 23.3 Å². The van der Waals surface area contributed by atoms with Crippen molar-refractivity contribution in [3.63, 3.8) is 0 Å². The standard InChI is InChI=1S/C16H16BF4O/c1-11(2)13-5-3-12(4-6-13)10-22-16-8-7-14(18)9-15(16)17(19,20)21/h3-9,11H,10H2,1-2H3/q-1. The zero-order valence-electron chi connectivity index (χ0n) is 12.3. The summed E-state index contributed by atoms with van der Waals surface area (Å²) in [5.74, 6) is -0.892. The fraction of sp³-hybridized carbons (Fsp3) is 0.250. The van der Waals surface area contributed by atoms with Gasteiger partial charge in [-0.25, -0.2) is 4.39 Å². The highest BCUT2D eigenvalue weighted by Crippen LogP contribution is 2.20. The molecule has 0 N–H and O–H groups in total. The minimum atomic E-state index is -5.32. The van der Waals surface area contributed by atoms with Gasteiger partial charge in [0, 0.05) is 0 Å². The fourth-order valence-corrected chi connectivity index (χ4v) is 2.07. The van der Waals surface area contributed by atoms with Crippen LogP contribution in [0, 0.1) is 5.82 Å². The minimum Gasteiger partial charge on any atom is -0.492 e. The van der Waals surface area contributed by atoms with Crippen LogP contribution in [0.25, 0.3) is 0 Å². The van der Waals surface area contributed by atoms with E-state index in [0.29, 0.717) is 12.0 Å². The lowest BCUT2D eigenvalue weighted by molar-refractivity contribution is 0.306. The van der Waals surface area contributed by atoms with Gasteiger partial charge in [-0.05, 0) is 35.2 Å². The summed E-state index contributed by atoms with van der Waals surface area (Å²) in [5.41, 5.74) is 0.859. The molecular formula is C16H16BF4O-. The summed E-state index contributed by atoms with van der Waals surface area (Å²) in [6.07, 6.45) is 0. The van der Waals surface area contributed by atoms with Gasteiger partial charge in [-0.1, -0.05) is 43.6 Å². The van der Waals surface area contributed by atoms with Gasteiger partial charge in [0.2, 0.25) is 0 Å². The number of rotatable bonds is 5. The number of ether oxygens (including phenoxy) is 1. The van der Waals surface area contributed by atoms with E-state index < -0.39 is 18.3 Å². The zero-order valence-corrected chi connectivity index (χ0v) is 12.3. The van der Waals surface area contributed by atoms with Crippen LogP contribution in [0.4, 0.5) is 17.3 Å². The van der Waals surface area contributed by atoms with E-state index in [4.69, 9.17) is 4.74 Å². The SMILES string of the molecule is CC(C)c1ccc(COc2ccc(F)cc2[B-](F)(F)F)cc1. The van der Waals surface area contributed by atoms with Gasteiger partial charge in [0.25, 0.3) is 0 Å². The molecule has 0 amide bonds. The molecule has 0 atom stereocenters. The number of hydrogen-bond donors (Lipinski definition) is 0. The molecule has 0 saturated heterocycles. The molecule has 22 heavy (non-hydrogen) atoms. The summed E-state index contributed by atoms with van der Waals surface area (Å²) < 4.78 is 57.0. The molecule has 0 aliphatic rings. The smallest absolute Gasteiger partial charge is 0.492 e. The first kappa shape index (κ1) is 16.4. The molecule has 0 heterocycles. The monoisotopic (exact) mass is 311 g/mol. The van der Waals surface area contributed by atoms with Gasteiger partial charge in [0.05, 0.1) is 5.75 Å². The first-order chi connectivity index (χ1) is 10.3. The summed E-state index contributed by atoms with van der Waals surface area (Å²) in [6, 6.07) is 9.92. The van der Waals surface area contributed by atoms with E-state index >= 15 is 0 Å². The lowest BCUT2D eigenvalue weighted by Crippen LogP contribution is -2.35. The Hall–Kier alpha value is -1.98. The molecule has 0 aromatic heterocycles. The van der Waals surface area contributed by atoms with E-state index in [-0.39, 0.29) is 12.4 Å². The van der Waals surface area contributed by atoms with Crippen molar-refractivity contribution in [2.75, 3.05) is 0 Å². The van der Waals surface area contributed by atoms with Crippen LogP contribution >= 0.6 is 0 Å². The Kier molecular flexibility index (Phi) is 4.79. The van der Waals surface area contributed by atoms with E-state index in [2.05, 4.69) is 13.8 Å². The zero-order chi connectivity index (χ0) is 16.3. The minimum absolute atomic E-state index is 0.00314. The second-order valence-electron chi connectivity index (χ2n) is 5.44. The molecule has 0 aliphatic carbocycles. The number of halogens is 4. The molecule has 1 nitrogen and oxygen atoms in total. The molecular weight excluding hydrogens is 295 g/mol. The quantitative estimate of drug-likeness (QED) is 0.580. The highest BCUT2D eigenvalue weighted by molar-refractivity contribution is 6.74. The topological polar surface area (TPSA) is 9.23 Å². The highest BCUT2D eigenvalue weighted by Gasteiger charge is 2.29. The van der Waals surface area contributed by atoms with Gasteiger partial charge >= 0.3 is 6.98 Å². The van der Waals surface area contributed by atoms with Crippen LogP contribution in [0.3, 0.4) is 0 Å². The third kappa shape index (κ3) is 4.03. The predicted molar refractivity (Wildman–Crippen MR) is 80.0 cm³/mol. The summed E-state index contributed by atoms with van der Waals surface area (Å²) >= 11 is 0. The Balaban J connectivity index is 2.14. The second-order valence-corrected chi connectivity index (χ2v) is 5.44. The Morgan fingerprint density at radius 3 is 2.18 bits per heavy atom. The average Bonchev–Trinajstić information content (AvgIpc) is 2.45. The molecule has 2 aromatic rings. The van der Waals surface area contributed by atoms with E-state index in [1.165, 1.54) is 0 Å². The largest absolute Gasteiger partial charge is 0.513 e. The van der Waals surface area contributed by atoms with Crippen molar-refractivity contribution in [3.8, 4) is 5.75 Å². The fourth-order valence-electron chi connectivity index (χ4n) is 2.07. The number of hydrogen-bond acceptors (Lipinski definition) is 1. The Morgan fingerprint density at radius 2 is 1.64 bits per heavy atom. The van der Waals surface area contributed by atoms with Gasteiger partial charge in [-0.2, -0.15) is 0 Å². The van der Waals surface area contributed by atoms with Gasteiger partial charge in [0.15, 0.2) is 0 Å². The van der Waals surface area contributed by atoms with Crippen molar-refractivity contribution < 1.29 is 22.1 Å². The highest BCUT2D eigenvalue weighted by atomic mass is 19.4. The third-order valence-electron chi connectivity index (χ3n) is 3.37. The summed E-state index contributed by atoms with van der Waals surface area (Å²) in [7, 11) is 0. The molecule has 0 bridgehead atoms. The summed E-state index contributed by atoms with van der Waals surface area (Å²) in [4.78, 5) is 0. The third-order valence-corrected chi connectivity index (χ3v) is 3.37. The molecule has 118 valence electrons. The Bertz CT molecular complexity index is 636. The van der Waals surface area contributed by atoms with Gasteiger partial charge in [0.1, 0.15) is 12.4 Å². The van der Waals surface area contributed by atoms with Gasteiger partial charge < -0.3 is 17.7 Å². The van der Waals surface area contributed by atoms with Crippen LogP contribution in [-0.2, 0) is 6.61 Å². The molecule has 0 fully saturated rings. The number of benzene rings is 2. The van der Waals surface area contributed by atoms with Crippen LogP contribution in [-0.4, -0.2) is 6.98 Å². The second kappa shape index (κ2) is 6.42. The van der Waals surface area contributed by atoms with Crippen molar-refractivity contribution in [1.29, 1.82) is 0 Å². The molecule has 0 radical (unpaired) electrons. The van der Waals surface area contributed by atoms with Gasteiger partial charge in [-0.15, -0.1) is 0 Å². The van der Waals surface area contributed by atoms with Crippen LogP contribution in [0.2, 0.25) is 0 Å². The van der Waals surface area contributed by atoms with Crippen molar-refractivity contribution >= 4 is 12.4 Å². The van der Waals surface area contributed by atoms with Crippen LogP contribution in [0.1, 0.15) is 30.9 Å². The van der Waals surface area contributed by atoms with Crippen molar-refractivity contribution in [2.45, 2.75) is 26.4 Å². The molecule has 0 aliphatic heterocycles. The maximum Gasteiger partial charge on any atom is 0.513 e. The van der Waals surface area contributed by atoms with E-state index in [1.54, 1.807) is 0 Å². The Morgan fingerprint density at radius 1 is 1.00 bits per heavy atom. The maximum atomic E-state index is 13.0. The molecule has 6 heteroatoms. The van der Waals surface area contributed by atoms with Crippen molar-refractivity contribution in [2.24, 2.45) is 0 Å². The normalized spacial score (nSPS) is 11.8. The van der Waals surface area contributed by atoms with Crippen LogP contribution < -0.4 is 10.2 Å². The summed E-state index contributed by atoms with van der Waals surface area (Å²) in [6.45, 7) is -1.20.